The van der Waals surface area contributed by atoms with Crippen molar-refractivity contribution in [1.82, 2.24) is 14.7 Å². The maximum atomic E-state index is 13.1. The summed E-state index contributed by atoms with van der Waals surface area (Å²) in [6.07, 6.45) is 3.13. The highest BCUT2D eigenvalue weighted by atomic mass is 32.2. The topological polar surface area (TPSA) is 118 Å². The number of nitrogens with two attached hydrogens (primary N) is 1. The van der Waals surface area contributed by atoms with Crippen molar-refractivity contribution in [1.29, 1.82) is 0 Å². The normalized spacial score (nSPS) is 18.4. The lowest BCUT2D eigenvalue weighted by atomic mass is 9.90. The third kappa shape index (κ3) is 4.66. The van der Waals surface area contributed by atoms with E-state index in [1.54, 1.807) is 12.1 Å². The van der Waals surface area contributed by atoms with Crippen LogP contribution in [0.3, 0.4) is 0 Å². The molecule has 1 fully saturated rings. The number of carbonyl (C=O) groups is 1. The number of hydrogen-bond donors (Lipinski definition) is 2. The molecular weight excluding hydrogens is 414 g/mol. The first-order valence-electron chi connectivity index (χ1n) is 10.5. The number of nitrogens with zero attached hydrogens (tertiary/aromatic N) is 3. The van der Waals surface area contributed by atoms with Gasteiger partial charge < -0.3 is 10.6 Å². The average Bonchev–Trinajstić information content (AvgIpc) is 2.93. The van der Waals surface area contributed by atoms with Crippen molar-refractivity contribution in [3.05, 3.63) is 41.7 Å². The van der Waals surface area contributed by atoms with E-state index in [1.807, 2.05) is 0 Å². The molecule has 0 spiro atoms. The molecule has 1 aliphatic rings. The maximum Gasteiger partial charge on any atom is 0.268 e. The molecule has 9 heteroatoms. The van der Waals surface area contributed by atoms with Crippen LogP contribution in [0.4, 0.5) is 11.6 Å². The van der Waals surface area contributed by atoms with Crippen molar-refractivity contribution < 1.29 is 13.2 Å². The molecule has 0 bridgehead atoms. The molecule has 3 heterocycles. The minimum atomic E-state index is -4.18. The van der Waals surface area contributed by atoms with E-state index in [1.165, 1.54) is 18.3 Å². The summed E-state index contributed by atoms with van der Waals surface area (Å²) in [5.41, 5.74) is 6.58. The van der Waals surface area contributed by atoms with Crippen molar-refractivity contribution in [2.75, 3.05) is 17.2 Å². The summed E-state index contributed by atoms with van der Waals surface area (Å²) in [6.45, 7) is 11.4. The first-order chi connectivity index (χ1) is 14.4. The summed E-state index contributed by atoms with van der Waals surface area (Å²) in [5, 5.41) is 0. The largest absolute Gasteiger partial charge is 0.383 e. The van der Waals surface area contributed by atoms with Gasteiger partial charge in [-0.1, -0.05) is 20.8 Å². The van der Waals surface area contributed by atoms with Crippen molar-refractivity contribution in [3.8, 4) is 0 Å². The van der Waals surface area contributed by atoms with Gasteiger partial charge in [0.1, 0.15) is 16.5 Å². The van der Waals surface area contributed by atoms with Crippen LogP contribution in [-0.4, -0.2) is 36.4 Å². The summed E-state index contributed by atoms with van der Waals surface area (Å²) in [6, 6.07) is 6.22. The molecule has 3 rings (SSSR count). The second-order valence-corrected chi connectivity index (χ2v) is 10.7. The van der Waals surface area contributed by atoms with Crippen LogP contribution < -0.4 is 15.4 Å². The van der Waals surface area contributed by atoms with Gasteiger partial charge in [0.05, 0.1) is 5.56 Å². The van der Waals surface area contributed by atoms with E-state index in [2.05, 4.69) is 49.2 Å². The third-order valence-electron chi connectivity index (χ3n) is 6.05. The zero-order chi connectivity index (χ0) is 23.0. The average molecular weight is 446 g/mol. The summed E-state index contributed by atoms with van der Waals surface area (Å²) in [5.74, 6) is 0.414. The Bertz CT molecular complexity index is 1080. The second kappa shape index (κ2) is 8.45. The number of hydrogen-bond acceptors (Lipinski definition) is 7. The zero-order valence-electron chi connectivity index (χ0n) is 18.7. The van der Waals surface area contributed by atoms with E-state index < -0.39 is 15.9 Å². The molecule has 0 radical (unpaired) electrons. The van der Waals surface area contributed by atoms with Gasteiger partial charge in [-0.15, -0.1) is 0 Å². The summed E-state index contributed by atoms with van der Waals surface area (Å²) in [4.78, 5) is 23.6. The number of nitrogens with one attached hydrogen (secondary N) is 1. The fraction of sp³-hybridized carbons (Fsp3) is 0.500. The third-order valence-corrected chi connectivity index (χ3v) is 7.43. The molecule has 2 aromatic heterocycles. The lowest BCUT2D eigenvalue weighted by molar-refractivity contribution is 0.0981. The molecule has 8 nitrogen and oxygen atoms in total. The second-order valence-electron chi connectivity index (χ2n) is 9.09. The van der Waals surface area contributed by atoms with E-state index in [9.17, 15) is 13.2 Å². The number of carbonyl (C=O) groups excluding carboxylic acids is 1. The van der Waals surface area contributed by atoms with Crippen LogP contribution in [-0.2, 0) is 16.4 Å². The van der Waals surface area contributed by atoms with Gasteiger partial charge in [-0.2, -0.15) is 0 Å². The zero-order valence-corrected chi connectivity index (χ0v) is 19.5. The lowest BCUT2D eigenvalue weighted by Crippen LogP contribution is -2.44. The van der Waals surface area contributed by atoms with Gasteiger partial charge >= 0.3 is 0 Å². The molecule has 3 N–H and O–H groups in total. The van der Waals surface area contributed by atoms with Crippen molar-refractivity contribution in [2.45, 2.75) is 57.9 Å². The van der Waals surface area contributed by atoms with Crippen LogP contribution in [0.5, 0.6) is 0 Å². The number of nitrogen functional groups attached to an aromatic ring is 1. The first kappa shape index (κ1) is 23.0. The van der Waals surface area contributed by atoms with Gasteiger partial charge in [0.25, 0.3) is 15.9 Å². The SMILES string of the molecule is CC(C)Cc1ccc(C(=O)NS(=O)(=O)c2cccnc2N)c(N2CCC(C)C2(C)C)n1. The van der Waals surface area contributed by atoms with E-state index in [0.29, 0.717) is 17.7 Å². The fourth-order valence-corrected chi connectivity index (χ4v) is 4.92. The Labute approximate surface area is 184 Å². The number of pyridine rings is 2. The summed E-state index contributed by atoms with van der Waals surface area (Å²) in [7, 11) is -4.18. The monoisotopic (exact) mass is 445 g/mol. The molecule has 0 aromatic carbocycles. The predicted molar refractivity (Wildman–Crippen MR) is 121 cm³/mol. The van der Waals surface area contributed by atoms with Crippen LogP contribution in [0.15, 0.2) is 35.4 Å². The highest BCUT2D eigenvalue weighted by molar-refractivity contribution is 7.90. The Kier molecular flexibility index (Phi) is 6.27. The molecule has 0 saturated carbocycles. The number of aromatic nitrogens is 2. The molecule has 1 atom stereocenters. The van der Waals surface area contributed by atoms with E-state index in [-0.39, 0.29) is 21.8 Å². The van der Waals surface area contributed by atoms with E-state index in [0.717, 1.165) is 25.1 Å². The minimum absolute atomic E-state index is 0.164. The molecule has 0 aliphatic carbocycles. The van der Waals surface area contributed by atoms with Gasteiger partial charge in [0.2, 0.25) is 0 Å². The molecule has 168 valence electrons. The fourth-order valence-electron chi connectivity index (χ4n) is 3.87. The molecule has 1 aliphatic heterocycles. The van der Waals surface area contributed by atoms with E-state index in [4.69, 9.17) is 10.7 Å². The summed E-state index contributed by atoms with van der Waals surface area (Å²) < 4.78 is 27.7. The summed E-state index contributed by atoms with van der Waals surface area (Å²) >= 11 is 0. The van der Waals surface area contributed by atoms with Gasteiger partial charge in [0, 0.05) is 24.0 Å². The van der Waals surface area contributed by atoms with Crippen LogP contribution in [0.1, 0.15) is 57.1 Å². The maximum absolute atomic E-state index is 13.1. The van der Waals surface area contributed by atoms with Crippen molar-refractivity contribution in [2.24, 2.45) is 11.8 Å². The highest BCUT2D eigenvalue weighted by Crippen LogP contribution is 2.38. The van der Waals surface area contributed by atoms with Gasteiger partial charge in [-0.3, -0.25) is 4.79 Å². The molecule has 2 aromatic rings. The Hall–Kier alpha value is -2.68. The number of amides is 1. The molecular formula is C22H31N5O3S. The Morgan fingerprint density at radius 2 is 2.03 bits per heavy atom. The van der Waals surface area contributed by atoms with Crippen LogP contribution >= 0.6 is 0 Å². The Morgan fingerprint density at radius 3 is 2.61 bits per heavy atom. The van der Waals surface area contributed by atoms with Crippen LogP contribution in [0, 0.1) is 11.8 Å². The van der Waals surface area contributed by atoms with Gasteiger partial charge in [-0.25, -0.2) is 23.1 Å². The minimum Gasteiger partial charge on any atom is -0.383 e. The number of anilines is 2. The smallest absolute Gasteiger partial charge is 0.268 e. The van der Waals surface area contributed by atoms with Crippen LogP contribution in [0.2, 0.25) is 0 Å². The van der Waals surface area contributed by atoms with Crippen molar-refractivity contribution in [3.63, 3.8) is 0 Å². The van der Waals surface area contributed by atoms with Crippen molar-refractivity contribution >= 4 is 27.6 Å². The lowest BCUT2D eigenvalue weighted by Gasteiger charge is -2.36. The molecule has 31 heavy (non-hydrogen) atoms. The number of rotatable bonds is 6. The molecule has 1 saturated heterocycles. The van der Waals surface area contributed by atoms with Gasteiger partial charge in [0.15, 0.2) is 0 Å². The standard InChI is InChI=1S/C22H31N5O3S/c1-14(2)13-16-8-9-17(20(25-16)27-12-10-15(3)22(27,4)5)21(28)26-31(29,30)18-7-6-11-24-19(18)23/h6-9,11,14-15H,10,12-13H2,1-5H3,(H2,23,24)(H,26,28). The predicted octanol–water partition coefficient (Wildman–Crippen LogP) is 3.00. The van der Waals surface area contributed by atoms with Gasteiger partial charge in [-0.05, 0) is 62.8 Å². The quantitative estimate of drug-likeness (QED) is 0.701. The molecule has 1 unspecified atom stereocenters. The Morgan fingerprint density at radius 1 is 1.32 bits per heavy atom. The Balaban J connectivity index is 2.02. The van der Waals surface area contributed by atoms with E-state index >= 15 is 0 Å². The highest BCUT2D eigenvalue weighted by Gasteiger charge is 2.41. The number of sulfonamides is 1. The molecule has 1 amide bonds. The first-order valence-corrected chi connectivity index (χ1v) is 12.0. The van der Waals surface area contributed by atoms with Crippen LogP contribution in [0.25, 0.3) is 0 Å².